The maximum absolute atomic E-state index is 13.6. The van der Waals surface area contributed by atoms with Crippen molar-refractivity contribution in [2.24, 2.45) is 0 Å². The summed E-state index contributed by atoms with van der Waals surface area (Å²) in [6.07, 6.45) is 2.39. The van der Waals surface area contributed by atoms with E-state index in [1.54, 1.807) is 0 Å². The zero-order valence-electron chi connectivity index (χ0n) is 14.9. The van der Waals surface area contributed by atoms with Gasteiger partial charge in [0.05, 0.1) is 17.6 Å². The van der Waals surface area contributed by atoms with Gasteiger partial charge in [-0.2, -0.15) is 0 Å². The predicted molar refractivity (Wildman–Crippen MR) is 98.9 cm³/mol. The summed E-state index contributed by atoms with van der Waals surface area (Å²) < 4.78 is 15.8. The van der Waals surface area contributed by atoms with E-state index in [0.29, 0.717) is 6.04 Å². The molecule has 0 radical (unpaired) electrons. The molecule has 1 aliphatic rings. The molecule has 3 aromatic rings. The Morgan fingerprint density at radius 3 is 2.84 bits per heavy atom. The minimum Gasteiger partial charge on any atom is -0.327 e. The predicted octanol–water partition coefficient (Wildman–Crippen LogP) is 4.84. The van der Waals surface area contributed by atoms with Crippen LogP contribution in [0.5, 0.6) is 0 Å². The third-order valence-corrected chi connectivity index (χ3v) is 5.36. The number of fused-ring (bicyclic) bond motifs is 1. The van der Waals surface area contributed by atoms with Gasteiger partial charge in [0, 0.05) is 18.7 Å². The molecule has 0 spiro atoms. The monoisotopic (exact) mass is 337 g/mol. The van der Waals surface area contributed by atoms with Crippen LogP contribution >= 0.6 is 0 Å². The second-order valence-electron chi connectivity index (χ2n) is 6.89. The average Bonchev–Trinajstić information content (AvgIpc) is 3.19. The van der Waals surface area contributed by atoms with E-state index in [2.05, 4.69) is 47.6 Å². The van der Waals surface area contributed by atoms with Crippen LogP contribution in [0.4, 0.5) is 4.39 Å². The van der Waals surface area contributed by atoms with Crippen LogP contribution in [0.15, 0.2) is 42.5 Å². The molecule has 0 aliphatic carbocycles. The second kappa shape index (κ2) is 6.60. The zero-order valence-corrected chi connectivity index (χ0v) is 14.9. The van der Waals surface area contributed by atoms with Crippen LogP contribution in [0, 0.1) is 12.7 Å². The molecule has 2 aromatic carbocycles. The maximum Gasteiger partial charge on any atom is 0.125 e. The molecule has 4 rings (SSSR count). The van der Waals surface area contributed by atoms with Gasteiger partial charge in [-0.05, 0) is 56.5 Å². The summed E-state index contributed by atoms with van der Waals surface area (Å²) >= 11 is 0. The fraction of sp³-hybridized carbons (Fsp3) is 0.381. The fourth-order valence-corrected chi connectivity index (χ4v) is 4.14. The van der Waals surface area contributed by atoms with Crippen molar-refractivity contribution in [2.75, 3.05) is 6.54 Å². The van der Waals surface area contributed by atoms with Gasteiger partial charge >= 0.3 is 0 Å². The summed E-state index contributed by atoms with van der Waals surface area (Å²) in [5.74, 6) is 0.808. The Morgan fingerprint density at radius 1 is 1.20 bits per heavy atom. The van der Waals surface area contributed by atoms with Gasteiger partial charge < -0.3 is 4.57 Å². The third kappa shape index (κ3) is 2.95. The number of nitrogens with zero attached hydrogens (tertiary/aromatic N) is 3. The summed E-state index contributed by atoms with van der Waals surface area (Å²) in [4.78, 5) is 7.26. The van der Waals surface area contributed by atoms with Crippen molar-refractivity contribution in [1.82, 2.24) is 14.5 Å². The Bertz CT molecular complexity index is 899. The van der Waals surface area contributed by atoms with Gasteiger partial charge in [-0.1, -0.05) is 24.3 Å². The van der Waals surface area contributed by atoms with Crippen molar-refractivity contribution in [3.05, 3.63) is 65.2 Å². The molecule has 25 heavy (non-hydrogen) atoms. The quantitative estimate of drug-likeness (QED) is 0.679. The molecule has 1 aromatic heterocycles. The highest BCUT2D eigenvalue weighted by Gasteiger charge is 2.28. The molecular weight excluding hydrogens is 313 g/mol. The third-order valence-electron chi connectivity index (χ3n) is 5.36. The molecule has 0 N–H and O–H groups in total. The first-order valence-corrected chi connectivity index (χ1v) is 9.11. The molecule has 0 saturated carbocycles. The number of benzene rings is 2. The molecule has 0 amide bonds. The molecule has 4 heteroatoms. The van der Waals surface area contributed by atoms with E-state index in [9.17, 15) is 4.39 Å². The lowest BCUT2D eigenvalue weighted by atomic mass is 9.99. The molecule has 3 nitrogen and oxygen atoms in total. The van der Waals surface area contributed by atoms with Gasteiger partial charge in [0.2, 0.25) is 0 Å². The van der Waals surface area contributed by atoms with Gasteiger partial charge in [-0.25, -0.2) is 9.37 Å². The van der Waals surface area contributed by atoms with Gasteiger partial charge in [0.1, 0.15) is 11.6 Å². The number of imidazole rings is 1. The molecular formula is C21H24FN3. The summed E-state index contributed by atoms with van der Waals surface area (Å²) in [5.41, 5.74) is 4.55. The van der Waals surface area contributed by atoms with Crippen LogP contribution in [0.25, 0.3) is 11.0 Å². The Labute approximate surface area is 148 Å². The Balaban J connectivity index is 1.67. The summed E-state index contributed by atoms with van der Waals surface area (Å²) in [6, 6.07) is 14.0. The molecule has 0 unspecified atom stereocenters. The van der Waals surface area contributed by atoms with Crippen LogP contribution < -0.4 is 0 Å². The Hall–Kier alpha value is -2.20. The van der Waals surface area contributed by atoms with E-state index in [-0.39, 0.29) is 5.82 Å². The van der Waals surface area contributed by atoms with Gasteiger partial charge in [0.15, 0.2) is 0 Å². The average molecular weight is 337 g/mol. The highest BCUT2D eigenvalue weighted by molar-refractivity contribution is 5.76. The first-order chi connectivity index (χ1) is 12.2. The van der Waals surface area contributed by atoms with Gasteiger partial charge in [0.25, 0.3) is 0 Å². The highest BCUT2D eigenvalue weighted by atomic mass is 19.1. The fourth-order valence-electron chi connectivity index (χ4n) is 4.14. The van der Waals surface area contributed by atoms with Gasteiger partial charge in [-0.15, -0.1) is 0 Å². The minimum absolute atomic E-state index is 0.223. The zero-order chi connectivity index (χ0) is 17.4. The van der Waals surface area contributed by atoms with Crippen molar-refractivity contribution in [2.45, 2.75) is 45.8 Å². The van der Waals surface area contributed by atoms with Crippen molar-refractivity contribution in [3.8, 4) is 0 Å². The van der Waals surface area contributed by atoms with Crippen molar-refractivity contribution < 1.29 is 4.39 Å². The minimum atomic E-state index is -0.223. The number of hydrogen-bond donors (Lipinski definition) is 0. The topological polar surface area (TPSA) is 21.1 Å². The van der Waals surface area contributed by atoms with E-state index >= 15 is 0 Å². The van der Waals surface area contributed by atoms with E-state index in [0.717, 1.165) is 36.5 Å². The number of hydrogen-bond acceptors (Lipinski definition) is 2. The van der Waals surface area contributed by atoms with Crippen molar-refractivity contribution >= 4 is 11.0 Å². The molecule has 0 bridgehead atoms. The first-order valence-electron chi connectivity index (χ1n) is 9.11. The standard InChI is InChI=1S/C21H24FN3/c1-3-25-20-11-10-16(22)13-18(20)23-21(25)14-24-12-6-9-19(24)17-8-5-4-7-15(17)2/h4-5,7-8,10-11,13,19H,3,6,9,12,14H2,1-2H3/t19-/m1/s1. The summed E-state index contributed by atoms with van der Waals surface area (Å²) in [6.45, 7) is 7.05. The van der Waals surface area contributed by atoms with Crippen LogP contribution in [0.1, 0.15) is 42.8 Å². The molecule has 130 valence electrons. The first kappa shape index (κ1) is 16.3. The molecule has 2 heterocycles. The molecule has 1 fully saturated rings. The van der Waals surface area contributed by atoms with Crippen molar-refractivity contribution in [3.63, 3.8) is 0 Å². The lowest BCUT2D eigenvalue weighted by molar-refractivity contribution is 0.239. The maximum atomic E-state index is 13.6. The van der Waals surface area contributed by atoms with E-state index in [1.807, 2.05) is 6.07 Å². The second-order valence-corrected chi connectivity index (χ2v) is 6.89. The Kier molecular flexibility index (Phi) is 4.30. The van der Waals surface area contributed by atoms with E-state index < -0.39 is 0 Å². The lowest BCUT2D eigenvalue weighted by Gasteiger charge is -2.26. The van der Waals surface area contributed by atoms with E-state index in [1.165, 1.54) is 36.1 Å². The van der Waals surface area contributed by atoms with Crippen LogP contribution in [0.3, 0.4) is 0 Å². The molecule has 1 aliphatic heterocycles. The van der Waals surface area contributed by atoms with Crippen LogP contribution in [0.2, 0.25) is 0 Å². The number of likely N-dealkylation sites (tertiary alicyclic amines) is 1. The smallest absolute Gasteiger partial charge is 0.125 e. The summed E-state index contributed by atoms with van der Waals surface area (Å²) in [7, 11) is 0. The van der Waals surface area contributed by atoms with Gasteiger partial charge in [-0.3, -0.25) is 4.90 Å². The number of rotatable bonds is 4. The lowest BCUT2D eigenvalue weighted by Crippen LogP contribution is -2.25. The normalized spacial score (nSPS) is 18.3. The van der Waals surface area contributed by atoms with Crippen LogP contribution in [-0.2, 0) is 13.1 Å². The molecule has 1 saturated heterocycles. The van der Waals surface area contributed by atoms with E-state index in [4.69, 9.17) is 4.98 Å². The number of aromatic nitrogens is 2. The number of halogens is 1. The molecule has 1 atom stereocenters. The SMILES string of the molecule is CCn1c(CN2CCC[C@@H]2c2ccccc2C)nc2cc(F)ccc21. The highest BCUT2D eigenvalue weighted by Crippen LogP contribution is 2.35. The largest absolute Gasteiger partial charge is 0.327 e. The van der Waals surface area contributed by atoms with Crippen molar-refractivity contribution in [1.29, 1.82) is 0 Å². The Morgan fingerprint density at radius 2 is 2.04 bits per heavy atom. The summed E-state index contributed by atoms with van der Waals surface area (Å²) in [5, 5.41) is 0. The van der Waals surface area contributed by atoms with Crippen LogP contribution in [-0.4, -0.2) is 21.0 Å². The number of aryl methyl sites for hydroxylation is 2.